The van der Waals surface area contributed by atoms with Gasteiger partial charge in [0, 0.05) is 12.2 Å². The number of hydrogen-bond acceptors (Lipinski definition) is 3. The summed E-state index contributed by atoms with van der Waals surface area (Å²) >= 11 is 0. The number of aromatic nitrogens is 1. The second-order valence-corrected chi connectivity index (χ2v) is 5.51. The van der Waals surface area contributed by atoms with E-state index in [4.69, 9.17) is 4.74 Å². The van der Waals surface area contributed by atoms with Gasteiger partial charge in [-0.1, -0.05) is 19.1 Å². The number of pyridine rings is 1. The normalized spacial score (nSPS) is 22.4. The molecule has 3 heteroatoms. The molecule has 1 aromatic heterocycles. The lowest BCUT2D eigenvalue weighted by Gasteiger charge is -2.28. The van der Waals surface area contributed by atoms with E-state index in [0.29, 0.717) is 6.04 Å². The van der Waals surface area contributed by atoms with Crippen LogP contribution >= 0.6 is 0 Å². The average molecular weight is 268 g/mol. The van der Waals surface area contributed by atoms with Crippen LogP contribution in [-0.2, 0) is 0 Å². The molecule has 0 radical (unpaired) electrons. The second kappa shape index (κ2) is 6.06. The molecule has 0 bridgehead atoms. The number of ether oxygens (including phenoxy) is 1. The van der Waals surface area contributed by atoms with E-state index >= 15 is 0 Å². The molecule has 104 valence electrons. The summed E-state index contributed by atoms with van der Waals surface area (Å²) in [6, 6.07) is 12.6. The zero-order valence-electron chi connectivity index (χ0n) is 11.8. The van der Waals surface area contributed by atoms with Crippen molar-refractivity contribution >= 4 is 0 Å². The molecule has 0 unspecified atom stereocenters. The number of hydrogen-bond donors (Lipinski definition) is 1. The van der Waals surface area contributed by atoms with Gasteiger partial charge in [-0.05, 0) is 55.1 Å². The Kier molecular flexibility index (Phi) is 3.97. The predicted molar refractivity (Wildman–Crippen MR) is 79.9 cm³/mol. The summed E-state index contributed by atoms with van der Waals surface area (Å²) in [5.41, 5.74) is 1.30. The summed E-state index contributed by atoms with van der Waals surface area (Å²) < 4.78 is 5.84. The molecule has 3 nitrogen and oxygen atoms in total. The first-order valence-corrected chi connectivity index (χ1v) is 7.22. The number of nitrogens with one attached hydrogen (secondary N) is 1. The van der Waals surface area contributed by atoms with Crippen LogP contribution in [0.3, 0.4) is 0 Å². The molecule has 1 N–H and O–H groups in total. The van der Waals surface area contributed by atoms with Crippen LogP contribution in [0, 0.1) is 5.92 Å². The lowest BCUT2D eigenvalue weighted by Crippen LogP contribution is -2.31. The first-order valence-electron chi connectivity index (χ1n) is 7.22. The van der Waals surface area contributed by atoms with Crippen molar-refractivity contribution in [1.29, 1.82) is 0 Å². The van der Waals surface area contributed by atoms with Crippen LogP contribution < -0.4 is 10.1 Å². The van der Waals surface area contributed by atoms with Crippen molar-refractivity contribution in [1.82, 2.24) is 10.3 Å². The third-order valence-corrected chi connectivity index (χ3v) is 3.79. The van der Waals surface area contributed by atoms with Gasteiger partial charge in [0.2, 0.25) is 0 Å². The molecule has 20 heavy (non-hydrogen) atoms. The Labute approximate surface area is 120 Å². The van der Waals surface area contributed by atoms with E-state index < -0.39 is 0 Å². The number of piperidine rings is 1. The maximum absolute atomic E-state index is 5.84. The molecule has 2 aromatic rings. The minimum atomic E-state index is 0.448. The van der Waals surface area contributed by atoms with E-state index in [9.17, 15) is 0 Å². The van der Waals surface area contributed by atoms with Gasteiger partial charge >= 0.3 is 0 Å². The summed E-state index contributed by atoms with van der Waals surface area (Å²) in [6.45, 7) is 3.39. The van der Waals surface area contributed by atoms with Gasteiger partial charge < -0.3 is 10.1 Å². The van der Waals surface area contributed by atoms with Crippen molar-refractivity contribution < 1.29 is 4.74 Å². The highest BCUT2D eigenvalue weighted by Gasteiger charge is 2.19. The highest BCUT2D eigenvalue weighted by Crippen LogP contribution is 2.29. The summed E-state index contributed by atoms with van der Waals surface area (Å²) in [5, 5.41) is 3.61. The van der Waals surface area contributed by atoms with Crippen LogP contribution in [0.5, 0.6) is 11.5 Å². The van der Waals surface area contributed by atoms with E-state index in [1.165, 1.54) is 18.4 Å². The zero-order chi connectivity index (χ0) is 13.8. The van der Waals surface area contributed by atoms with Crippen LogP contribution in [-0.4, -0.2) is 11.5 Å². The molecular formula is C17H20N2O. The Morgan fingerprint density at radius 1 is 1.15 bits per heavy atom. The molecule has 0 aliphatic carbocycles. The second-order valence-electron chi connectivity index (χ2n) is 5.51. The third kappa shape index (κ3) is 3.17. The van der Waals surface area contributed by atoms with Crippen LogP contribution in [0.1, 0.15) is 31.4 Å². The van der Waals surface area contributed by atoms with Gasteiger partial charge in [-0.15, -0.1) is 0 Å². The predicted octanol–water partition coefficient (Wildman–Crippen LogP) is 3.93. The fourth-order valence-corrected chi connectivity index (χ4v) is 2.62. The quantitative estimate of drug-likeness (QED) is 0.915. The first kappa shape index (κ1) is 13.1. The largest absolute Gasteiger partial charge is 0.456 e. The molecule has 0 amide bonds. The standard InChI is InChI=1S/C17H20N2O/c1-13-7-8-17(19-11-13)14-4-2-5-15(10-14)20-16-6-3-9-18-12-16/h2-6,9-10,12-13,17,19H,7-8,11H2,1H3/t13-,17+/m0/s1. The van der Waals surface area contributed by atoms with E-state index in [1.54, 1.807) is 12.4 Å². The summed E-state index contributed by atoms with van der Waals surface area (Å²) in [4.78, 5) is 4.06. The highest BCUT2D eigenvalue weighted by atomic mass is 16.5. The Bertz CT molecular complexity index is 548. The van der Waals surface area contributed by atoms with Gasteiger partial charge in [-0.25, -0.2) is 0 Å². The van der Waals surface area contributed by atoms with Crippen molar-refractivity contribution in [3.8, 4) is 11.5 Å². The molecule has 0 saturated carbocycles. The molecule has 1 aromatic carbocycles. The van der Waals surface area contributed by atoms with Crippen molar-refractivity contribution in [3.63, 3.8) is 0 Å². The van der Waals surface area contributed by atoms with Crippen LogP contribution in [0.25, 0.3) is 0 Å². The fraction of sp³-hybridized carbons (Fsp3) is 0.353. The number of nitrogens with zero attached hydrogens (tertiary/aromatic N) is 1. The summed E-state index contributed by atoms with van der Waals surface area (Å²) in [5.74, 6) is 2.42. The summed E-state index contributed by atoms with van der Waals surface area (Å²) in [7, 11) is 0. The fourth-order valence-electron chi connectivity index (χ4n) is 2.62. The molecule has 1 aliphatic rings. The molecule has 2 atom stereocenters. The monoisotopic (exact) mass is 268 g/mol. The van der Waals surface area contributed by atoms with Gasteiger partial charge in [0.15, 0.2) is 0 Å². The lowest BCUT2D eigenvalue weighted by atomic mass is 9.92. The summed E-state index contributed by atoms with van der Waals surface area (Å²) in [6.07, 6.45) is 5.95. The number of benzene rings is 1. The van der Waals surface area contributed by atoms with Crippen molar-refractivity contribution in [2.75, 3.05) is 6.54 Å². The maximum atomic E-state index is 5.84. The number of rotatable bonds is 3. The Balaban J connectivity index is 1.73. The average Bonchev–Trinajstić information content (AvgIpc) is 2.49. The van der Waals surface area contributed by atoms with Gasteiger partial charge in [0.05, 0.1) is 6.20 Å². The highest BCUT2D eigenvalue weighted by molar-refractivity contribution is 5.34. The minimum Gasteiger partial charge on any atom is -0.456 e. The lowest BCUT2D eigenvalue weighted by molar-refractivity contribution is 0.332. The van der Waals surface area contributed by atoms with Crippen LogP contribution in [0.4, 0.5) is 0 Å². The molecule has 1 fully saturated rings. The molecule has 2 heterocycles. The van der Waals surface area contributed by atoms with E-state index in [0.717, 1.165) is 24.0 Å². The SMILES string of the molecule is C[C@H]1CC[C@H](c2cccc(Oc3cccnc3)c2)NC1. The van der Waals surface area contributed by atoms with Gasteiger partial charge in [-0.2, -0.15) is 0 Å². The molecular weight excluding hydrogens is 248 g/mol. The first-order chi connectivity index (χ1) is 9.81. The van der Waals surface area contributed by atoms with Gasteiger partial charge in [-0.3, -0.25) is 4.98 Å². The molecule has 3 rings (SSSR count). The smallest absolute Gasteiger partial charge is 0.145 e. The zero-order valence-corrected chi connectivity index (χ0v) is 11.8. The van der Waals surface area contributed by atoms with Crippen LogP contribution in [0.2, 0.25) is 0 Å². The Morgan fingerprint density at radius 3 is 2.80 bits per heavy atom. The van der Waals surface area contributed by atoms with Crippen molar-refractivity contribution in [2.24, 2.45) is 5.92 Å². The third-order valence-electron chi connectivity index (χ3n) is 3.79. The minimum absolute atomic E-state index is 0.448. The van der Waals surface area contributed by atoms with Crippen molar-refractivity contribution in [2.45, 2.75) is 25.8 Å². The van der Waals surface area contributed by atoms with Gasteiger partial charge in [0.25, 0.3) is 0 Å². The van der Waals surface area contributed by atoms with Gasteiger partial charge in [0.1, 0.15) is 11.5 Å². The van der Waals surface area contributed by atoms with E-state index in [1.807, 2.05) is 18.2 Å². The maximum Gasteiger partial charge on any atom is 0.145 e. The molecule has 1 saturated heterocycles. The van der Waals surface area contributed by atoms with E-state index in [2.05, 4.69) is 35.4 Å². The Morgan fingerprint density at radius 2 is 2.05 bits per heavy atom. The molecule has 0 spiro atoms. The molecule has 1 aliphatic heterocycles. The van der Waals surface area contributed by atoms with E-state index in [-0.39, 0.29) is 0 Å². The van der Waals surface area contributed by atoms with Crippen LogP contribution in [0.15, 0.2) is 48.8 Å². The van der Waals surface area contributed by atoms with Crippen molar-refractivity contribution in [3.05, 3.63) is 54.4 Å². The Hall–Kier alpha value is -1.87. The topological polar surface area (TPSA) is 34.1 Å².